The molecule has 0 aromatic heterocycles. The highest BCUT2D eigenvalue weighted by atomic mass is 16.5. The number of hydrogen-bond donors (Lipinski definition) is 2. The van der Waals surface area contributed by atoms with E-state index in [1.54, 1.807) is 31.2 Å². The van der Waals surface area contributed by atoms with Gasteiger partial charge >= 0.3 is 11.9 Å². The number of ketones is 1. The highest BCUT2D eigenvalue weighted by molar-refractivity contribution is 5.99. The van der Waals surface area contributed by atoms with Crippen LogP contribution in [0.5, 0.6) is 0 Å². The lowest BCUT2D eigenvalue weighted by molar-refractivity contribution is -0.136. The molecule has 0 aliphatic rings. The quantitative estimate of drug-likeness (QED) is 0.589. The maximum absolute atomic E-state index is 12.3. The van der Waals surface area contributed by atoms with Crippen molar-refractivity contribution in [3.8, 4) is 0 Å². The summed E-state index contributed by atoms with van der Waals surface area (Å²) >= 11 is 0. The molecule has 1 aromatic carbocycles. The fourth-order valence-corrected chi connectivity index (χ4v) is 2.19. The van der Waals surface area contributed by atoms with Crippen LogP contribution < -0.4 is 4.90 Å². The lowest BCUT2D eigenvalue weighted by Crippen LogP contribution is -2.34. The van der Waals surface area contributed by atoms with Crippen molar-refractivity contribution in [1.82, 2.24) is 0 Å². The van der Waals surface area contributed by atoms with Gasteiger partial charge in [0.15, 0.2) is 5.78 Å². The Morgan fingerprint density at radius 3 is 1.96 bits per heavy atom. The third-order valence-corrected chi connectivity index (χ3v) is 3.60. The summed E-state index contributed by atoms with van der Waals surface area (Å²) in [5.41, 5.74) is 0.862. The standard InChI is InChI=1S/C18H25NO6/c1-12(2)8-9-25-13(3)18(24)14-4-6-15(7-5-14)19(10-16(20)21)11-17(22)23/h4-7,12-13H,8-11H2,1-3H3,(H,20,21)(H,22,23). The van der Waals surface area contributed by atoms with Crippen molar-refractivity contribution in [2.75, 3.05) is 24.6 Å². The number of Topliss-reactive ketones (excluding diaryl/α,β-unsaturated/α-hetero) is 1. The molecule has 0 radical (unpaired) electrons. The van der Waals surface area contributed by atoms with Gasteiger partial charge in [-0.25, -0.2) is 0 Å². The minimum atomic E-state index is -1.13. The molecule has 138 valence electrons. The zero-order valence-electron chi connectivity index (χ0n) is 14.8. The third kappa shape index (κ3) is 7.34. The predicted octanol–water partition coefficient (Wildman–Crippen LogP) is 2.30. The summed E-state index contributed by atoms with van der Waals surface area (Å²) in [5, 5.41) is 17.8. The predicted molar refractivity (Wildman–Crippen MR) is 93.1 cm³/mol. The molecule has 1 unspecified atom stereocenters. The Labute approximate surface area is 147 Å². The van der Waals surface area contributed by atoms with Crippen LogP contribution in [0.3, 0.4) is 0 Å². The monoisotopic (exact) mass is 351 g/mol. The smallest absolute Gasteiger partial charge is 0.323 e. The molecule has 1 atom stereocenters. The number of benzene rings is 1. The lowest BCUT2D eigenvalue weighted by Gasteiger charge is -2.21. The zero-order valence-corrected chi connectivity index (χ0v) is 14.8. The Morgan fingerprint density at radius 1 is 1.00 bits per heavy atom. The molecule has 0 aliphatic heterocycles. The molecule has 0 spiro atoms. The molecule has 2 N–H and O–H groups in total. The van der Waals surface area contributed by atoms with Crippen LogP contribution in [-0.4, -0.2) is 53.7 Å². The Balaban J connectivity index is 2.77. The maximum Gasteiger partial charge on any atom is 0.323 e. The van der Waals surface area contributed by atoms with E-state index in [-0.39, 0.29) is 5.78 Å². The molecule has 0 bridgehead atoms. The maximum atomic E-state index is 12.3. The molecule has 0 fully saturated rings. The summed E-state index contributed by atoms with van der Waals surface area (Å²) in [5.74, 6) is -1.93. The van der Waals surface area contributed by atoms with Crippen LogP contribution in [0.25, 0.3) is 0 Å². The molecular weight excluding hydrogens is 326 g/mol. The van der Waals surface area contributed by atoms with Gasteiger partial charge in [0.05, 0.1) is 0 Å². The van der Waals surface area contributed by atoms with Crippen LogP contribution >= 0.6 is 0 Å². The molecule has 7 heteroatoms. The number of carboxylic acids is 2. The van der Waals surface area contributed by atoms with Crippen molar-refractivity contribution in [3.05, 3.63) is 29.8 Å². The molecule has 7 nitrogen and oxygen atoms in total. The number of hydrogen-bond acceptors (Lipinski definition) is 5. The lowest BCUT2D eigenvalue weighted by atomic mass is 10.1. The van der Waals surface area contributed by atoms with Crippen LogP contribution in [0.4, 0.5) is 5.69 Å². The van der Waals surface area contributed by atoms with Gasteiger partial charge < -0.3 is 19.8 Å². The first-order chi connectivity index (χ1) is 11.7. The Morgan fingerprint density at radius 2 is 1.52 bits per heavy atom. The minimum absolute atomic E-state index is 0.168. The van der Waals surface area contributed by atoms with E-state index in [2.05, 4.69) is 13.8 Å². The second kappa shape index (κ2) is 9.78. The van der Waals surface area contributed by atoms with Crippen molar-refractivity contribution in [1.29, 1.82) is 0 Å². The highest BCUT2D eigenvalue weighted by Gasteiger charge is 2.18. The van der Waals surface area contributed by atoms with Gasteiger partial charge in [-0.15, -0.1) is 0 Å². The van der Waals surface area contributed by atoms with E-state index < -0.39 is 31.1 Å². The minimum Gasteiger partial charge on any atom is -0.480 e. The van der Waals surface area contributed by atoms with Gasteiger partial charge in [0.25, 0.3) is 0 Å². The van der Waals surface area contributed by atoms with E-state index in [1.165, 1.54) is 4.90 Å². The summed E-state index contributed by atoms with van der Waals surface area (Å²) in [6, 6.07) is 6.19. The van der Waals surface area contributed by atoms with E-state index in [1.807, 2.05) is 0 Å². The molecule has 25 heavy (non-hydrogen) atoms. The first-order valence-electron chi connectivity index (χ1n) is 8.15. The number of carbonyl (C=O) groups is 3. The van der Waals surface area contributed by atoms with E-state index in [9.17, 15) is 14.4 Å². The van der Waals surface area contributed by atoms with Crippen LogP contribution in [0.2, 0.25) is 0 Å². The summed E-state index contributed by atoms with van der Waals surface area (Å²) in [6.45, 7) is 5.48. The molecule has 0 amide bonds. The fourth-order valence-electron chi connectivity index (χ4n) is 2.19. The summed E-state index contributed by atoms with van der Waals surface area (Å²) in [6.07, 6.45) is 0.300. The van der Waals surface area contributed by atoms with Gasteiger partial charge in [-0.1, -0.05) is 13.8 Å². The van der Waals surface area contributed by atoms with Crippen molar-refractivity contribution in [2.45, 2.75) is 33.3 Å². The van der Waals surface area contributed by atoms with Crippen molar-refractivity contribution in [2.24, 2.45) is 5.92 Å². The molecule has 0 saturated heterocycles. The largest absolute Gasteiger partial charge is 0.480 e. The Hall–Kier alpha value is -2.41. The van der Waals surface area contributed by atoms with Crippen molar-refractivity contribution in [3.63, 3.8) is 0 Å². The van der Waals surface area contributed by atoms with Crippen LogP contribution in [0.15, 0.2) is 24.3 Å². The first kappa shape index (κ1) is 20.6. The van der Waals surface area contributed by atoms with Gasteiger partial charge in [-0.05, 0) is 43.5 Å². The molecule has 0 aliphatic carbocycles. The van der Waals surface area contributed by atoms with Crippen LogP contribution in [0, 0.1) is 5.92 Å². The second-order valence-corrected chi connectivity index (χ2v) is 6.25. The van der Waals surface area contributed by atoms with Crippen LogP contribution in [-0.2, 0) is 14.3 Å². The summed E-state index contributed by atoms with van der Waals surface area (Å²) in [7, 11) is 0. The summed E-state index contributed by atoms with van der Waals surface area (Å²) < 4.78 is 5.54. The zero-order chi connectivity index (χ0) is 19.0. The normalized spacial score (nSPS) is 12.0. The topological polar surface area (TPSA) is 104 Å². The van der Waals surface area contributed by atoms with E-state index in [4.69, 9.17) is 14.9 Å². The Kier molecular flexibility index (Phi) is 8.07. The first-order valence-corrected chi connectivity index (χ1v) is 8.15. The van der Waals surface area contributed by atoms with Gasteiger partial charge in [0, 0.05) is 17.9 Å². The molecule has 1 rings (SSSR count). The van der Waals surface area contributed by atoms with Crippen molar-refractivity contribution >= 4 is 23.4 Å². The van der Waals surface area contributed by atoms with Gasteiger partial charge in [-0.3, -0.25) is 14.4 Å². The third-order valence-electron chi connectivity index (χ3n) is 3.60. The SMILES string of the molecule is CC(C)CCOC(C)C(=O)c1ccc(N(CC(=O)O)CC(=O)O)cc1. The molecule has 0 heterocycles. The van der Waals surface area contributed by atoms with Gasteiger partial charge in [-0.2, -0.15) is 0 Å². The van der Waals surface area contributed by atoms with Gasteiger partial charge in [0.1, 0.15) is 19.2 Å². The average molecular weight is 351 g/mol. The fraction of sp³-hybridized carbons (Fsp3) is 0.500. The Bertz CT molecular complexity index is 580. The summed E-state index contributed by atoms with van der Waals surface area (Å²) in [4.78, 5) is 35.3. The van der Waals surface area contributed by atoms with E-state index in [0.29, 0.717) is 23.8 Å². The number of aliphatic carboxylic acids is 2. The van der Waals surface area contributed by atoms with Gasteiger partial charge in [0.2, 0.25) is 0 Å². The molecular formula is C18H25NO6. The number of carbonyl (C=O) groups excluding carboxylic acids is 1. The number of rotatable bonds is 11. The number of nitrogens with zero attached hydrogens (tertiary/aromatic N) is 1. The van der Waals surface area contributed by atoms with Crippen molar-refractivity contribution < 1.29 is 29.3 Å². The highest BCUT2D eigenvalue weighted by Crippen LogP contribution is 2.17. The average Bonchev–Trinajstić information content (AvgIpc) is 2.52. The van der Waals surface area contributed by atoms with Crippen LogP contribution in [0.1, 0.15) is 37.6 Å². The number of anilines is 1. The number of carboxylic acid groups (broad SMARTS) is 2. The van der Waals surface area contributed by atoms with E-state index >= 15 is 0 Å². The second-order valence-electron chi connectivity index (χ2n) is 6.25. The number of ether oxygens (including phenoxy) is 1. The molecule has 0 saturated carbocycles. The molecule has 1 aromatic rings. The van der Waals surface area contributed by atoms with E-state index in [0.717, 1.165) is 6.42 Å².